The molecule has 2 fully saturated rings. The van der Waals surface area contributed by atoms with Crippen molar-refractivity contribution in [3.63, 3.8) is 0 Å². The molecule has 112 valence electrons. The van der Waals surface area contributed by atoms with Crippen LogP contribution in [0.25, 0.3) is 0 Å². The smallest absolute Gasteiger partial charge is 0.236 e. The van der Waals surface area contributed by atoms with Crippen LogP contribution in [-0.4, -0.2) is 16.7 Å². The van der Waals surface area contributed by atoms with E-state index in [9.17, 15) is 4.79 Å². The van der Waals surface area contributed by atoms with Crippen LogP contribution in [0.1, 0.15) is 30.7 Å². The molecule has 0 bridgehead atoms. The Hall–Kier alpha value is -1.74. The molecule has 1 N–H and O–H groups in total. The first kappa shape index (κ1) is 13.9. The van der Waals surface area contributed by atoms with Gasteiger partial charge in [-0.2, -0.15) is 0 Å². The van der Waals surface area contributed by atoms with Gasteiger partial charge < -0.3 is 5.32 Å². The number of carbonyl (C=O) groups is 1. The Bertz CT molecular complexity index is 666. The van der Waals surface area contributed by atoms with E-state index in [1.165, 1.54) is 10.5 Å². The van der Waals surface area contributed by atoms with Gasteiger partial charge in [0.05, 0.1) is 4.75 Å². The molecule has 2 aromatic carbocycles. The van der Waals surface area contributed by atoms with E-state index in [0.717, 1.165) is 19.3 Å². The van der Waals surface area contributed by atoms with Crippen molar-refractivity contribution in [2.45, 2.75) is 40.9 Å². The fourth-order valence-corrected chi connectivity index (χ4v) is 4.13. The molecule has 22 heavy (non-hydrogen) atoms. The highest BCUT2D eigenvalue weighted by molar-refractivity contribution is 8.01. The summed E-state index contributed by atoms with van der Waals surface area (Å²) in [4.78, 5) is 13.8. The first-order valence-electron chi connectivity index (χ1n) is 7.87. The number of nitrogens with one attached hydrogen (secondary N) is 1. The van der Waals surface area contributed by atoms with Crippen molar-refractivity contribution in [2.75, 3.05) is 0 Å². The van der Waals surface area contributed by atoms with Gasteiger partial charge in [-0.15, -0.1) is 11.8 Å². The molecule has 2 atom stereocenters. The summed E-state index contributed by atoms with van der Waals surface area (Å²) in [5.74, 6) is 0.729. The van der Waals surface area contributed by atoms with Crippen LogP contribution in [0.5, 0.6) is 0 Å². The fraction of sp³-hybridized carbons (Fsp3) is 0.316. The van der Waals surface area contributed by atoms with Gasteiger partial charge in [-0.1, -0.05) is 48.5 Å². The zero-order valence-corrected chi connectivity index (χ0v) is 13.2. The van der Waals surface area contributed by atoms with Gasteiger partial charge >= 0.3 is 0 Å². The SMILES string of the molecule is O=C(NC1CC1c1ccccc1)C1(Sc2ccccc2)CC1. The van der Waals surface area contributed by atoms with Crippen molar-refractivity contribution >= 4 is 17.7 Å². The van der Waals surface area contributed by atoms with Crippen molar-refractivity contribution in [2.24, 2.45) is 0 Å². The van der Waals surface area contributed by atoms with E-state index < -0.39 is 0 Å². The van der Waals surface area contributed by atoms with Gasteiger partial charge in [0, 0.05) is 16.9 Å². The predicted molar refractivity (Wildman–Crippen MR) is 90.0 cm³/mol. The Labute approximate surface area is 135 Å². The first-order chi connectivity index (χ1) is 10.8. The van der Waals surface area contributed by atoms with Crippen molar-refractivity contribution in [1.29, 1.82) is 0 Å². The maximum absolute atomic E-state index is 12.6. The van der Waals surface area contributed by atoms with Gasteiger partial charge in [-0.25, -0.2) is 0 Å². The fourth-order valence-electron chi connectivity index (χ4n) is 2.93. The van der Waals surface area contributed by atoms with Crippen molar-refractivity contribution in [3.8, 4) is 0 Å². The maximum atomic E-state index is 12.6. The molecular formula is C19H19NOS. The topological polar surface area (TPSA) is 29.1 Å². The highest BCUT2D eigenvalue weighted by atomic mass is 32.2. The molecule has 3 heteroatoms. The lowest BCUT2D eigenvalue weighted by Crippen LogP contribution is -2.36. The quantitative estimate of drug-likeness (QED) is 0.905. The number of hydrogen-bond donors (Lipinski definition) is 1. The van der Waals surface area contributed by atoms with Crippen LogP contribution in [0.4, 0.5) is 0 Å². The normalized spacial score (nSPS) is 24.5. The average molecular weight is 309 g/mol. The Kier molecular flexibility index (Phi) is 3.45. The minimum absolute atomic E-state index is 0.217. The number of rotatable bonds is 5. The second-order valence-corrected chi connectivity index (χ2v) is 7.70. The van der Waals surface area contributed by atoms with E-state index in [4.69, 9.17) is 0 Å². The van der Waals surface area contributed by atoms with Gasteiger partial charge in [-0.05, 0) is 37.0 Å². The monoisotopic (exact) mass is 309 g/mol. The Morgan fingerprint density at radius 1 is 1.00 bits per heavy atom. The van der Waals surface area contributed by atoms with Gasteiger partial charge in [-0.3, -0.25) is 4.79 Å². The lowest BCUT2D eigenvalue weighted by molar-refractivity contribution is -0.121. The molecule has 0 aromatic heterocycles. The maximum Gasteiger partial charge on any atom is 0.236 e. The van der Waals surface area contributed by atoms with Gasteiger partial charge in [0.25, 0.3) is 0 Å². The standard InChI is InChI=1S/C19H19NOS/c21-18(19(11-12-19)22-15-9-5-2-6-10-15)20-17-13-16(17)14-7-3-1-4-8-14/h1-10,16-17H,11-13H2,(H,20,21). The molecule has 0 spiro atoms. The van der Waals surface area contributed by atoms with Crippen LogP contribution < -0.4 is 5.32 Å². The zero-order chi connectivity index (χ0) is 15.0. The predicted octanol–water partition coefficient (Wildman–Crippen LogP) is 3.98. The van der Waals surface area contributed by atoms with Gasteiger partial charge in [0.2, 0.25) is 5.91 Å². The minimum Gasteiger partial charge on any atom is -0.352 e. The lowest BCUT2D eigenvalue weighted by Gasteiger charge is -2.15. The molecule has 0 radical (unpaired) electrons. The highest BCUT2D eigenvalue weighted by Gasteiger charge is 2.53. The van der Waals surface area contributed by atoms with E-state index in [2.05, 4.69) is 41.7 Å². The van der Waals surface area contributed by atoms with Crippen LogP contribution in [0.2, 0.25) is 0 Å². The highest BCUT2D eigenvalue weighted by Crippen LogP contribution is 2.52. The molecule has 2 aromatic rings. The molecule has 2 saturated carbocycles. The number of thioether (sulfide) groups is 1. The van der Waals surface area contributed by atoms with E-state index in [-0.39, 0.29) is 10.7 Å². The van der Waals surface area contributed by atoms with Crippen LogP contribution in [0, 0.1) is 0 Å². The summed E-state index contributed by atoms with van der Waals surface area (Å²) in [6, 6.07) is 21.1. The number of amides is 1. The third-order valence-corrected chi connectivity index (χ3v) is 6.00. The van der Waals surface area contributed by atoms with Crippen LogP contribution in [-0.2, 0) is 4.79 Å². The molecular weight excluding hydrogens is 290 g/mol. The number of benzene rings is 2. The number of carbonyl (C=O) groups excluding carboxylic acids is 1. The molecule has 4 rings (SSSR count). The summed E-state index contributed by atoms with van der Waals surface area (Å²) in [6.45, 7) is 0. The average Bonchev–Trinajstić information content (AvgIpc) is 3.46. The van der Waals surface area contributed by atoms with Crippen molar-refractivity contribution in [3.05, 3.63) is 66.2 Å². The minimum atomic E-state index is -0.217. The summed E-state index contributed by atoms with van der Waals surface area (Å²) in [5.41, 5.74) is 1.34. The Balaban J connectivity index is 1.37. The zero-order valence-electron chi connectivity index (χ0n) is 12.4. The Morgan fingerprint density at radius 2 is 1.64 bits per heavy atom. The third kappa shape index (κ3) is 2.78. The number of hydrogen-bond acceptors (Lipinski definition) is 2. The molecule has 0 aliphatic heterocycles. The Morgan fingerprint density at radius 3 is 2.27 bits per heavy atom. The van der Waals surface area contributed by atoms with E-state index in [1.807, 2.05) is 24.3 Å². The van der Waals surface area contributed by atoms with Crippen LogP contribution >= 0.6 is 11.8 Å². The summed E-state index contributed by atoms with van der Waals surface area (Å²) in [6.07, 6.45) is 3.05. The summed E-state index contributed by atoms with van der Waals surface area (Å²) in [5, 5.41) is 3.27. The largest absolute Gasteiger partial charge is 0.352 e. The van der Waals surface area contributed by atoms with Gasteiger partial charge in [0.15, 0.2) is 0 Å². The second-order valence-electron chi connectivity index (χ2n) is 6.24. The van der Waals surface area contributed by atoms with Crippen molar-refractivity contribution in [1.82, 2.24) is 5.32 Å². The van der Waals surface area contributed by atoms with E-state index in [0.29, 0.717) is 12.0 Å². The van der Waals surface area contributed by atoms with Crippen LogP contribution in [0.15, 0.2) is 65.6 Å². The first-order valence-corrected chi connectivity index (χ1v) is 8.68. The lowest BCUT2D eigenvalue weighted by atomic mass is 10.1. The van der Waals surface area contributed by atoms with E-state index in [1.54, 1.807) is 11.8 Å². The summed E-state index contributed by atoms with van der Waals surface area (Å²) >= 11 is 1.72. The summed E-state index contributed by atoms with van der Waals surface area (Å²) < 4.78 is -0.217. The molecule has 2 nitrogen and oxygen atoms in total. The molecule has 1 amide bonds. The van der Waals surface area contributed by atoms with Crippen LogP contribution in [0.3, 0.4) is 0 Å². The molecule has 2 aliphatic rings. The third-order valence-electron chi connectivity index (χ3n) is 4.51. The summed E-state index contributed by atoms with van der Waals surface area (Å²) in [7, 11) is 0. The molecule has 0 saturated heterocycles. The van der Waals surface area contributed by atoms with E-state index >= 15 is 0 Å². The second kappa shape index (κ2) is 5.47. The molecule has 2 unspecified atom stereocenters. The van der Waals surface area contributed by atoms with Gasteiger partial charge in [0.1, 0.15) is 0 Å². The van der Waals surface area contributed by atoms with Crippen molar-refractivity contribution < 1.29 is 4.79 Å². The molecule has 2 aliphatic carbocycles. The molecule has 0 heterocycles.